The number of nitrogens with two attached hydrogens (primary N) is 1. The molecular weight excluding hydrogens is 244 g/mol. The lowest BCUT2D eigenvalue weighted by Crippen LogP contribution is -2.37. The zero-order valence-corrected chi connectivity index (χ0v) is 12.0. The Hall–Kier alpha value is -1.31. The molecule has 4 heteroatoms. The molecular formula is C14H20N2OS. The third-order valence-corrected chi connectivity index (χ3v) is 3.47. The minimum absolute atomic E-state index is 0.0950. The van der Waals surface area contributed by atoms with Crippen molar-refractivity contribution in [2.75, 3.05) is 13.1 Å². The molecule has 1 aromatic rings. The fourth-order valence-electron chi connectivity index (χ4n) is 1.63. The number of hydrogen-bond donors (Lipinski definition) is 1. The average molecular weight is 264 g/mol. The third-order valence-electron chi connectivity index (χ3n) is 2.48. The lowest BCUT2D eigenvalue weighted by Gasteiger charge is -2.25. The summed E-state index contributed by atoms with van der Waals surface area (Å²) in [7, 11) is 0. The zero-order chi connectivity index (χ0) is 13.5. The molecule has 0 atom stereocenters. The van der Waals surface area contributed by atoms with Crippen molar-refractivity contribution in [1.29, 1.82) is 0 Å². The Morgan fingerprint density at radius 3 is 2.78 bits per heavy atom. The first kappa shape index (κ1) is 14.7. The van der Waals surface area contributed by atoms with E-state index in [0.717, 1.165) is 22.7 Å². The molecule has 0 bridgehead atoms. The Morgan fingerprint density at radius 2 is 2.22 bits per heavy atom. The van der Waals surface area contributed by atoms with Crippen LogP contribution in [0.15, 0.2) is 12.1 Å². The zero-order valence-electron chi connectivity index (χ0n) is 11.2. The maximum Gasteiger partial charge on any atom is 0.264 e. The molecule has 0 aliphatic rings. The average Bonchev–Trinajstić information content (AvgIpc) is 2.81. The first-order chi connectivity index (χ1) is 8.60. The largest absolute Gasteiger partial charge is 0.336 e. The number of nitrogens with zero attached hydrogens (tertiary/aromatic N) is 1. The minimum atomic E-state index is 0.0950. The summed E-state index contributed by atoms with van der Waals surface area (Å²) in [6.07, 6.45) is 0.967. The number of amides is 1. The van der Waals surface area contributed by atoms with Crippen LogP contribution in [0.2, 0.25) is 0 Å². The molecule has 0 aliphatic carbocycles. The molecule has 0 saturated carbocycles. The van der Waals surface area contributed by atoms with Crippen molar-refractivity contribution in [1.82, 2.24) is 4.90 Å². The van der Waals surface area contributed by atoms with Crippen LogP contribution in [0.4, 0.5) is 0 Å². The topological polar surface area (TPSA) is 46.3 Å². The lowest BCUT2D eigenvalue weighted by atomic mass is 10.2. The maximum atomic E-state index is 12.3. The van der Waals surface area contributed by atoms with Gasteiger partial charge >= 0.3 is 0 Å². The SMILES string of the molecule is CCCN(C(=O)c1ccc(C#CCN)s1)C(C)C. The molecule has 1 amide bonds. The van der Waals surface area contributed by atoms with E-state index in [1.54, 1.807) is 0 Å². The first-order valence-corrected chi connectivity index (χ1v) is 7.01. The van der Waals surface area contributed by atoms with Gasteiger partial charge in [0.1, 0.15) is 0 Å². The van der Waals surface area contributed by atoms with E-state index in [1.807, 2.05) is 30.9 Å². The van der Waals surface area contributed by atoms with E-state index in [-0.39, 0.29) is 11.9 Å². The Labute approximate surface area is 113 Å². The number of thiophene rings is 1. The van der Waals surface area contributed by atoms with Gasteiger partial charge < -0.3 is 10.6 Å². The number of carbonyl (C=O) groups is 1. The van der Waals surface area contributed by atoms with Crippen molar-refractivity contribution in [3.63, 3.8) is 0 Å². The summed E-state index contributed by atoms with van der Waals surface area (Å²) in [5.74, 6) is 5.84. The third kappa shape index (κ3) is 3.86. The highest BCUT2D eigenvalue weighted by atomic mass is 32.1. The number of rotatable bonds is 4. The minimum Gasteiger partial charge on any atom is -0.336 e. The molecule has 98 valence electrons. The van der Waals surface area contributed by atoms with Gasteiger partial charge in [-0.3, -0.25) is 4.79 Å². The van der Waals surface area contributed by atoms with Gasteiger partial charge in [0, 0.05) is 12.6 Å². The standard InChI is InChI=1S/C14H20N2OS/c1-4-10-16(11(2)3)14(17)13-8-7-12(18-13)6-5-9-15/h7-8,11H,4,9-10,15H2,1-3H3. The van der Waals surface area contributed by atoms with Crippen LogP contribution >= 0.6 is 11.3 Å². The maximum absolute atomic E-state index is 12.3. The van der Waals surface area contributed by atoms with E-state index in [0.29, 0.717) is 6.54 Å². The Morgan fingerprint density at radius 1 is 1.50 bits per heavy atom. The molecule has 1 rings (SSSR count). The highest BCUT2D eigenvalue weighted by Gasteiger charge is 2.19. The Balaban J connectivity index is 2.85. The van der Waals surface area contributed by atoms with Crippen LogP contribution in [-0.4, -0.2) is 29.9 Å². The van der Waals surface area contributed by atoms with Gasteiger partial charge in [-0.25, -0.2) is 0 Å². The highest BCUT2D eigenvalue weighted by Crippen LogP contribution is 2.18. The van der Waals surface area contributed by atoms with E-state index in [2.05, 4.69) is 18.8 Å². The number of hydrogen-bond acceptors (Lipinski definition) is 3. The summed E-state index contributed by atoms with van der Waals surface area (Å²) in [6, 6.07) is 3.95. The molecule has 18 heavy (non-hydrogen) atoms. The van der Waals surface area contributed by atoms with Crippen molar-refractivity contribution in [3.8, 4) is 11.8 Å². The van der Waals surface area contributed by atoms with Crippen molar-refractivity contribution < 1.29 is 4.79 Å². The molecule has 0 radical (unpaired) electrons. The van der Waals surface area contributed by atoms with Gasteiger partial charge in [-0.15, -0.1) is 11.3 Å². The summed E-state index contributed by atoms with van der Waals surface area (Å²) >= 11 is 1.43. The van der Waals surface area contributed by atoms with Gasteiger partial charge in [0.05, 0.1) is 16.3 Å². The van der Waals surface area contributed by atoms with Crippen molar-refractivity contribution >= 4 is 17.2 Å². The smallest absolute Gasteiger partial charge is 0.264 e. The Kier molecular flexibility index (Phi) is 5.90. The predicted octanol–water partition coefficient (Wildman–Crippen LogP) is 2.32. The van der Waals surface area contributed by atoms with Crippen LogP contribution in [0.25, 0.3) is 0 Å². The molecule has 2 N–H and O–H groups in total. The lowest BCUT2D eigenvalue weighted by molar-refractivity contribution is 0.0711. The summed E-state index contributed by atoms with van der Waals surface area (Å²) in [5, 5.41) is 0. The van der Waals surface area contributed by atoms with Crippen LogP contribution in [-0.2, 0) is 0 Å². The molecule has 3 nitrogen and oxygen atoms in total. The predicted molar refractivity (Wildman–Crippen MR) is 76.7 cm³/mol. The second kappa shape index (κ2) is 7.20. The second-order valence-corrected chi connectivity index (χ2v) is 5.35. The van der Waals surface area contributed by atoms with Crippen molar-refractivity contribution in [2.24, 2.45) is 5.73 Å². The molecule has 0 unspecified atom stereocenters. The first-order valence-electron chi connectivity index (χ1n) is 6.19. The van der Waals surface area contributed by atoms with Gasteiger partial charge in [0.25, 0.3) is 5.91 Å². The van der Waals surface area contributed by atoms with Crippen LogP contribution < -0.4 is 5.73 Å². The van der Waals surface area contributed by atoms with E-state index >= 15 is 0 Å². The van der Waals surface area contributed by atoms with E-state index in [9.17, 15) is 4.79 Å². The normalized spacial score (nSPS) is 10.1. The summed E-state index contributed by atoms with van der Waals surface area (Å²) in [5.41, 5.74) is 5.33. The van der Waals surface area contributed by atoms with E-state index in [4.69, 9.17) is 5.73 Å². The highest BCUT2D eigenvalue weighted by molar-refractivity contribution is 7.14. The fraction of sp³-hybridized carbons (Fsp3) is 0.500. The monoisotopic (exact) mass is 264 g/mol. The van der Waals surface area contributed by atoms with Gasteiger partial charge in [0.2, 0.25) is 0 Å². The van der Waals surface area contributed by atoms with Crippen LogP contribution in [0.1, 0.15) is 41.7 Å². The van der Waals surface area contributed by atoms with Gasteiger partial charge in [-0.05, 0) is 32.4 Å². The van der Waals surface area contributed by atoms with Crippen LogP contribution in [0.3, 0.4) is 0 Å². The summed E-state index contributed by atoms with van der Waals surface area (Å²) < 4.78 is 0. The van der Waals surface area contributed by atoms with Crippen molar-refractivity contribution in [2.45, 2.75) is 33.2 Å². The fourth-order valence-corrected chi connectivity index (χ4v) is 2.47. The number of carbonyl (C=O) groups excluding carboxylic acids is 1. The molecule has 1 heterocycles. The second-order valence-electron chi connectivity index (χ2n) is 4.26. The van der Waals surface area contributed by atoms with Gasteiger partial charge in [-0.1, -0.05) is 18.8 Å². The molecule has 0 aliphatic heterocycles. The van der Waals surface area contributed by atoms with E-state index < -0.39 is 0 Å². The molecule has 0 spiro atoms. The molecule has 0 aromatic carbocycles. The van der Waals surface area contributed by atoms with Gasteiger partial charge in [-0.2, -0.15) is 0 Å². The molecule has 1 aromatic heterocycles. The van der Waals surface area contributed by atoms with Crippen LogP contribution in [0, 0.1) is 11.8 Å². The van der Waals surface area contributed by atoms with Crippen molar-refractivity contribution in [3.05, 3.63) is 21.9 Å². The Bertz CT molecular complexity index is 454. The van der Waals surface area contributed by atoms with E-state index in [1.165, 1.54) is 11.3 Å². The van der Waals surface area contributed by atoms with Crippen LogP contribution in [0.5, 0.6) is 0 Å². The molecule has 0 saturated heterocycles. The summed E-state index contributed by atoms with van der Waals surface area (Å²) in [4.78, 5) is 15.9. The molecule has 0 fully saturated rings. The summed E-state index contributed by atoms with van der Waals surface area (Å²) in [6.45, 7) is 7.29. The van der Waals surface area contributed by atoms with Gasteiger partial charge in [0.15, 0.2) is 0 Å². The quantitative estimate of drug-likeness (QED) is 0.848.